The number of nitrogens with two attached hydrogens (primary N) is 1. The first kappa shape index (κ1) is 48.9. The lowest BCUT2D eigenvalue weighted by Gasteiger charge is -2.22. The van der Waals surface area contributed by atoms with Crippen molar-refractivity contribution >= 4 is 64.9 Å². The molecule has 5 N–H and O–H groups in total. The van der Waals surface area contributed by atoms with Crippen LogP contribution in [0.25, 0.3) is 21.8 Å². The highest BCUT2D eigenvalue weighted by molar-refractivity contribution is 6.76. The van der Waals surface area contributed by atoms with Crippen molar-refractivity contribution in [3.8, 4) is 11.5 Å². The van der Waals surface area contributed by atoms with E-state index in [-0.39, 0.29) is 54.1 Å². The molecule has 11 nitrogen and oxygen atoms in total. The van der Waals surface area contributed by atoms with E-state index in [9.17, 15) is 36.7 Å². The number of benzene rings is 5. The zero-order valence-electron chi connectivity index (χ0n) is 35.7. The summed E-state index contributed by atoms with van der Waals surface area (Å²) < 4.78 is 80.6. The summed E-state index contributed by atoms with van der Waals surface area (Å²) in [6.07, 6.45) is 0.824. The van der Waals surface area contributed by atoms with Gasteiger partial charge in [0.2, 0.25) is 16.6 Å². The summed E-state index contributed by atoms with van der Waals surface area (Å²) in [6, 6.07) is 20.5. The summed E-state index contributed by atoms with van der Waals surface area (Å²) in [5.74, 6) is -9.37. The molecular weight excluding hydrogens is 927 g/mol. The number of aliphatic hydroxyl groups excluding tert-OH is 1. The van der Waals surface area contributed by atoms with Crippen molar-refractivity contribution in [3.05, 3.63) is 184 Å². The number of pyridine rings is 2. The van der Waals surface area contributed by atoms with Gasteiger partial charge in [-0.25, -0.2) is 22.0 Å². The lowest BCUT2D eigenvalue weighted by Crippen LogP contribution is -2.32. The predicted octanol–water partition coefficient (Wildman–Crippen LogP) is 9.51. The molecule has 0 aliphatic carbocycles. The zero-order chi connectivity index (χ0) is 48.2. The maximum absolute atomic E-state index is 15.1. The third-order valence-electron chi connectivity index (χ3n) is 10.3. The smallest absolute Gasteiger partial charge is 0.257 e. The Hall–Kier alpha value is -6.53. The van der Waals surface area contributed by atoms with Crippen LogP contribution in [0.3, 0.4) is 0 Å². The van der Waals surface area contributed by atoms with E-state index in [0.29, 0.717) is 27.2 Å². The van der Waals surface area contributed by atoms with Crippen LogP contribution in [0.4, 0.5) is 22.0 Å². The van der Waals surface area contributed by atoms with E-state index in [2.05, 4.69) is 29.9 Å². The average molecular weight is 968 g/mol. The number of hydrogen-bond donors (Lipinski definition) is 4. The number of rotatable bonds is 13. The van der Waals surface area contributed by atoms with Crippen molar-refractivity contribution in [2.45, 2.75) is 52.2 Å². The fraction of sp³-hybridized carbons (Fsp3) is 0.191. The molecule has 0 spiro atoms. The number of halogens is 7. The summed E-state index contributed by atoms with van der Waals surface area (Å²) in [5.41, 5.74) is 3.36. The van der Waals surface area contributed by atoms with Gasteiger partial charge in [-0.2, -0.15) is 4.73 Å². The predicted molar refractivity (Wildman–Crippen MR) is 245 cm³/mol. The number of primary amides is 1. The molecule has 66 heavy (non-hydrogen) atoms. The molecule has 344 valence electrons. The Bertz CT molecular complexity index is 3110. The maximum atomic E-state index is 15.1. The molecule has 0 atom stereocenters. The minimum atomic E-state index is -1.74. The van der Waals surface area contributed by atoms with Gasteiger partial charge in [0.15, 0.2) is 29.1 Å². The van der Waals surface area contributed by atoms with Crippen LogP contribution in [0.2, 0.25) is 35.7 Å². The number of fused-ring (bicyclic) bond motifs is 2. The van der Waals surface area contributed by atoms with Gasteiger partial charge in [-0.05, 0) is 72.1 Å². The molecular formula is C47H41Cl2F5N4O7Si. The first-order chi connectivity index (χ1) is 31.2. The van der Waals surface area contributed by atoms with Gasteiger partial charge in [-0.15, -0.1) is 0 Å². The van der Waals surface area contributed by atoms with Gasteiger partial charge in [0.05, 0.1) is 28.6 Å². The summed E-state index contributed by atoms with van der Waals surface area (Å²) in [6.45, 7) is 7.71. The molecule has 2 amide bonds. The minimum Gasteiger partial charge on any atom is -0.451 e. The van der Waals surface area contributed by atoms with Crippen molar-refractivity contribution in [2.24, 2.45) is 5.73 Å². The molecule has 0 saturated carbocycles. The SMILES string of the molecule is Cc1c(C(N)=O)c(=O)c2c(Cc3ccc(Cl)cc3)c(F)c(F)c(F)c2n1OCC[Si](C)(C)C.O=C(NCc1ccc(Cl)cc1)c1c[nH]c2c(F)c(Oc3ccc(CO)cc3)c(F)cc2c1=O. The normalized spacial score (nSPS) is 11.3. The molecule has 0 aliphatic rings. The van der Waals surface area contributed by atoms with E-state index in [4.69, 9.17) is 43.6 Å². The second kappa shape index (κ2) is 20.3. The molecule has 0 aliphatic heterocycles. The third kappa shape index (κ3) is 10.8. The van der Waals surface area contributed by atoms with Crippen LogP contribution in [0.1, 0.15) is 48.7 Å². The first-order valence-corrected chi connectivity index (χ1v) is 24.5. The van der Waals surface area contributed by atoms with Gasteiger partial charge in [0, 0.05) is 42.8 Å². The van der Waals surface area contributed by atoms with Crippen molar-refractivity contribution < 1.29 is 46.2 Å². The lowest BCUT2D eigenvalue weighted by atomic mass is 9.97. The Morgan fingerprint density at radius 2 is 1.41 bits per heavy atom. The van der Waals surface area contributed by atoms with E-state index >= 15 is 4.39 Å². The minimum absolute atomic E-state index is 0.0853. The fourth-order valence-electron chi connectivity index (χ4n) is 6.76. The monoisotopic (exact) mass is 966 g/mol. The van der Waals surface area contributed by atoms with Crippen molar-refractivity contribution in [1.29, 1.82) is 0 Å². The second-order valence-corrected chi connectivity index (χ2v) is 22.7. The van der Waals surface area contributed by atoms with Gasteiger partial charge in [0.1, 0.15) is 29.0 Å². The summed E-state index contributed by atoms with van der Waals surface area (Å²) in [7, 11) is -1.57. The van der Waals surface area contributed by atoms with Crippen LogP contribution < -0.4 is 31.5 Å². The van der Waals surface area contributed by atoms with Crippen LogP contribution in [0.15, 0.2) is 94.6 Å². The number of hydrogen-bond acceptors (Lipinski definition) is 7. The summed E-state index contributed by atoms with van der Waals surface area (Å²) in [5, 5.41) is 11.8. The molecule has 0 unspecified atom stereocenters. The standard InChI is InChI=1S/C24H17ClF2N2O4.C23H24ClF3N2O3Si/c25-15-5-1-13(2-6-15)10-29-24(32)18-11-28-21-17(22(18)31)9-19(26)23(20(21)27)33-16-7-3-14(12-30)4-8-16;1-12-16(23(28)31)22(30)17-15(11-13-5-7-14(24)8-6-13)18(25)19(26)20(27)21(17)29(12)32-9-10-33(2,3)4/h1-9,11,30H,10,12H2,(H,28,31)(H,29,32);5-8H,9-11H2,1-4H3,(H2,28,31). The van der Waals surface area contributed by atoms with Gasteiger partial charge in [-0.1, -0.05) is 79.2 Å². The molecule has 2 heterocycles. The molecule has 5 aromatic carbocycles. The zero-order valence-corrected chi connectivity index (χ0v) is 38.2. The molecule has 0 saturated heterocycles. The molecule has 0 fully saturated rings. The van der Waals surface area contributed by atoms with Crippen molar-refractivity contribution in [1.82, 2.24) is 15.0 Å². The van der Waals surface area contributed by atoms with Gasteiger partial charge in [-0.3, -0.25) is 19.2 Å². The Balaban J connectivity index is 0.000000218. The van der Waals surface area contributed by atoms with Gasteiger partial charge < -0.3 is 30.7 Å². The number of carbonyl (C=O) groups excluding carboxylic acids is 2. The number of H-pyrrole nitrogens is 1. The molecule has 19 heteroatoms. The summed E-state index contributed by atoms with van der Waals surface area (Å²) in [4.78, 5) is 58.9. The number of nitrogens with one attached hydrogen (secondary N) is 2. The summed E-state index contributed by atoms with van der Waals surface area (Å²) >= 11 is 11.7. The number of aliphatic hydroxyl groups is 1. The van der Waals surface area contributed by atoms with E-state index < -0.39 is 87.6 Å². The number of aromatic nitrogens is 2. The maximum Gasteiger partial charge on any atom is 0.257 e. The van der Waals surface area contributed by atoms with Crippen molar-refractivity contribution in [3.63, 3.8) is 0 Å². The van der Waals surface area contributed by atoms with E-state index in [1.54, 1.807) is 60.7 Å². The quantitative estimate of drug-likeness (QED) is 0.0508. The highest BCUT2D eigenvalue weighted by atomic mass is 35.5. The second-order valence-electron chi connectivity index (χ2n) is 16.2. The topological polar surface area (TPSA) is 166 Å². The van der Waals surface area contributed by atoms with E-state index in [1.807, 2.05) is 0 Å². The number of carbonyl (C=O) groups is 2. The Morgan fingerprint density at radius 1 is 0.818 bits per heavy atom. The van der Waals surface area contributed by atoms with Crippen LogP contribution in [-0.2, 0) is 19.6 Å². The average Bonchev–Trinajstić information content (AvgIpc) is 3.27. The molecule has 0 radical (unpaired) electrons. The fourth-order valence-corrected chi connectivity index (χ4v) is 7.71. The highest BCUT2D eigenvalue weighted by Crippen LogP contribution is 2.33. The number of ether oxygens (including phenoxy) is 1. The molecule has 0 bridgehead atoms. The number of amides is 2. The largest absolute Gasteiger partial charge is 0.451 e. The van der Waals surface area contributed by atoms with E-state index in [0.717, 1.165) is 22.6 Å². The van der Waals surface area contributed by atoms with Gasteiger partial charge in [0.25, 0.3) is 11.8 Å². The van der Waals surface area contributed by atoms with Crippen LogP contribution in [0, 0.1) is 36.0 Å². The van der Waals surface area contributed by atoms with E-state index in [1.165, 1.54) is 19.1 Å². The Morgan fingerprint density at radius 3 is 1.98 bits per heavy atom. The molecule has 2 aromatic heterocycles. The van der Waals surface area contributed by atoms with Gasteiger partial charge >= 0.3 is 0 Å². The molecule has 7 rings (SSSR count). The lowest BCUT2D eigenvalue weighted by molar-refractivity contribution is 0.0948. The van der Waals surface area contributed by atoms with Crippen LogP contribution in [0.5, 0.6) is 11.5 Å². The van der Waals surface area contributed by atoms with Crippen LogP contribution in [-0.4, -0.2) is 41.3 Å². The first-order valence-electron chi connectivity index (χ1n) is 20.1. The third-order valence-corrected chi connectivity index (χ3v) is 12.5. The number of aromatic amines is 1. The highest BCUT2D eigenvalue weighted by Gasteiger charge is 2.30. The van der Waals surface area contributed by atoms with Crippen LogP contribution >= 0.6 is 23.2 Å². The Kier molecular flexibility index (Phi) is 15.1. The van der Waals surface area contributed by atoms with Crippen molar-refractivity contribution in [2.75, 3.05) is 6.61 Å². The number of nitrogens with zero attached hydrogens (tertiary/aromatic N) is 1. The Labute approximate surface area is 384 Å². The molecule has 7 aromatic rings.